The maximum atomic E-state index is 6.65. The average Bonchev–Trinajstić information content (AvgIpc) is 3.19. The van der Waals surface area contributed by atoms with Crippen LogP contribution in [0.15, 0.2) is 0 Å². The van der Waals surface area contributed by atoms with Crippen LogP contribution in [0.3, 0.4) is 0 Å². The van der Waals surface area contributed by atoms with E-state index >= 15 is 0 Å². The molecule has 0 unspecified atom stereocenters. The van der Waals surface area contributed by atoms with E-state index < -0.39 is 0 Å². The Bertz CT molecular complexity index is 1340. The van der Waals surface area contributed by atoms with E-state index in [1.807, 2.05) is 22.7 Å². The average molecular weight is 455 g/mol. The van der Waals surface area contributed by atoms with E-state index in [0.717, 1.165) is 46.4 Å². The first-order chi connectivity index (χ1) is 14.7. The number of aryl methyl sites for hydroxylation is 4. The summed E-state index contributed by atoms with van der Waals surface area (Å²) in [7, 11) is 0. The molecule has 0 amide bonds. The van der Waals surface area contributed by atoms with Gasteiger partial charge in [0.25, 0.3) is 0 Å². The smallest absolute Gasteiger partial charge is 0.207 e. The summed E-state index contributed by atoms with van der Waals surface area (Å²) < 4.78 is 2.77. The summed E-state index contributed by atoms with van der Waals surface area (Å²) in [5, 5.41) is 2.35. The largest absolute Gasteiger partial charge is 0.383 e. The molecule has 0 spiro atoms. The van der Waals surface area contributed by atoms with Gasteiger partial charge in [-0.3, -0.25) is 4.40 Å². The molecule has 0 saturated heterocycles. The summed E-state index contributed by atoms with van der Waals surface area (Å²) in [5.41, 5.74) is 10.5. The van der Waals surface area contributed by atoms with Crippen LogP contribution in [-0.4, -0.2) is 14.4 Å². The van der Waals surface area contributed by atoms with Gasteiger partial charge in [-0.25, -0.2) is 9.97 Å². The fraction of sp³-hybridized carbons (Fsp3) is 0.522. The number of rotatable bonds is 0. The molecule has 2 aliphatic rings. The topological polar surface area (TPSA) is 56.2 Å². The van der Waals surface area contributed by atoms with E-state index in [4.69, 9.17) is 27.9 Å². The molecule has 4 aromatic rings. The number of thiophene rings is 2. The van der Waals surface area contributed by atoms with Crippen molar-refractivity contribution < 1.29 is 0 Å². The van der Waals surface area contributed by atoms with Gasteiger partial charge in [0.05, 0.1) is 10.8 Å². The molecule has 0 aliphatic heterocycles. The SMILES string of the molecule is Nc1nc2c3c4c(sc3nc(=S)n2c2sc3c(c12)CCCCCC3)CCCCCC4. The predicted molar refractivity (Wildman–Crippen MR) is 131 cm³/mol. The second kappa shape index (κ2) is 7.53. The molecule has 6 rings (SSSR count). The van der Waals surface area contributed by atoms with E-state index in [-0.39, 0.29) is 0 Å². The van der Waals surface area contributed by atoms with Crippen LogP contribution in [0, 0.1) is 4.77 Å². The van der Waals surface area contributed by atoms with Crippen LogP contribution in [0.1, 0.15) is 72.2 Å². The molecule has 4 nitrogen and oxygen atoms in total. The van der Waals surface area contributed by atoms with E-state index in [0.29, 0.717) is 10.6 Å². The van der Waals surface area contributed by atoms with Crippen LogP contribution >= 0.6 is 34.9 Å². The second-order valence-corrected chi connectivity index (χ2v) is 11.3. The molecule has 2 N–H and O–H groups in total. The van der Waals surface area contributed by atoms with Gasteiger partial charge < -0.3 is 5.73 Å². The fourth-order valence-corrected chi connectivity index (χ4v) is 8.38. The molecule has 0 saturated carbocycles. The Morgan fingerprint density at radius 3 is 2.03 bits per heavy atom. The zero-order chi connectivity index (χ0) is 20.2. The lowest BCUT2D eigenvalue weighted by Gasteiger charge is -2.12. The number of fused-ring (bicyclic) bond motifs is 9. The number of aromatic nitrogens is 3. The minimum absolute atomic E-state index is 0.624. The van der Waals surface area contributed by atoms with Crippen LogP contribution in [0.4, 0.5) is 5.82 Å². The van der Waals surface area contributed by atoms with Crippen LogP contribution in [0.25, 0.3) is 26.1 Å². The van der Waals surface area contributed by atoms with Crippen LogP contribution in [-0.2, 0) is 25.7 Å². The van der Waals surface area contributed by atoms with Crippen LogP contribution in [0.5, 0.6) is 0 Å². The quantitative estimate of drug-likeness (QED) is 0.297. The lowest BCUT2D eigenvalue weighted by molar-refractivity contribution is 0.624. The van der Waals surface area contributed by atoms with Gasteiger partial charge in [-0.05, 0) is 74.7 Å². The standard InChI is InChI=1S/C23H26N4S3/c24-19-17-13-9-5-1-4-8-12-16(13)30-22(17)27-20(25-19)18-14-10-6-2-3-7-11-15(14)29-21(18)26-23(27)28/h1-12H2,(H2,24,25). The zero-order valence-electron chi connectivity index (χ0n) is 17.1. The van der Waals surface area contributed by atoms with Crippen molar-refractivity contribution in [3.63, 3.8) is 0 Å². The molecule has 156 valence electrons. The third-order valence-electron chi connectivity index (χ3n) is 6.81. The third kappa shape index (κ3) is 2.93. The van der Waals surface area contributed by atoms with Gasteiger partial charge in [0.1, 0.15) is 15.5 Å². The molecule has 30 heavy (non-hydrogen) atoms. The lowest BCUT2D eigenvalue weighted by atomic mass is 9.97. The van der Waals surface area contributed by atoms with Crippen molar-refractivity contribution in [2.24, 2.45) is 0 Å². The van der Waals surface area contributed by atoms with Gasteiger partial charge in [0.15, 0.2) is 5.65 Å². The molecule has 0 fully saturated rings. The van der Waals surface area contributed by atoms with Crippen molar-refractivity contribution >= 4 is 66.8 Å². The highest BCUT2D eigenvalue weighted by atomic mass is 32.1. The molecule has 4 heterocycles. The first kappa shape index (κ1) is 19.1. The zero-order valence-corrected chi connectivity index (χ0v) is 19.6. The summed E-state index contributed by atoms with van der Waals surface area (Å²) in [6, 6.07) is 0. The van der Waals surface area contributed by atoms with Gasteiger partial charge in [0, 0.05) is 9.75 Å². The maximum Gasteiger partial charge on any atom is 0.207 e. The maximum absolute atomic E-state index is 6.65. The molecular formula is C23H26N4S3. The number of nitrogens with two attached hydrogens (primary N) is 1. The van der Waals surface area contributed by atoms with Crippen molar-refractivity contribution in [1.82, 2.24) is 14.4 Å². The van der Waals surface area contributed by atoms with Gasteiger partial charge >= 0.3 is 0 Å². The normalized spacial score (nSPS) is 18.0. The van der Waals surface area contributed by atoms with Crippen molar-refractivity contribution in [3.8, 4) is 0 Å². The molecule has 2 aliphatic carbocycles. The van der Waals surface area contributed by atoms with E-state index in [9.17, 15) is 0 Å². The summed E-state index contributed by atoms with van der Waals surface area (Å²) in [6.07, 6.45) is 14.8. The van der Waals surface area contributed by atoms with Gasteiger partial charge in [-0.1, -0.05) is 25.7 Å². The third-order valence-corrected chi connectivity index (χ3v) is 9.55. The van der Waals surface area contributed by atoms with Crippen molar-refractivity contribution in [2.75, 3.05) is 5.73 Å². The Morgan fingerprint density at radius 2 is 1.33 bits per heavy atom. The second-order valence-electron chi connectivity index (χ2n) is 8.75. The van der Waals surface area contributed by atoms with E-state index in [1.54, 1.807) is 0 Å². The van der Waals surface area contributed by atoms with Gasteiger partial charge in [-0.2, -0.15) is 0 Å². The summed E-state index contributed by atoms with van der Waals surface area (Å²) >= 11 is 9.53. The Labute approximate surface area is 189 Å². The minimum atomic E-state index is 0.624. The first-order valence-corrected chi connectivity index (χ1v) is 13.3. The Hall–Kier alpha value is -1.57. The molecule has 7 heteroatoms. The minimum Gasteiger partial charge on any atom is -0.383 e. The highest BCUT2D eigenvalue weighted by molar-refractivity contribution is 7.71. The number of nitrogen functional groups attached to an aromatic ring is 1. The van der Waals surface area contributed by atoms with Gasteiger partial charge in [0.2, 0.25) is 4.77 Å². The molecule has 0 bridgehead atoms. The van der Waals surface area contributed by atoms with Crippen LogP contribution < -0.4 is 5.73 Å². The number of hydrogen-bond donors (Lipinski definition) is 1. The molecule has 0 atom stereocenters. The first-order valence-electron chi connectivity index (χ1n) is 11.3. The van der Waals surface area contributed by atoms with Crippen molar-refractivity contribution in [1.29, 1.82) is 0 Å². The Kier molecular flexibility index (Phi) is 4.81. The van der Waals surface area contributed by atoms with Crippen LogP contribution in [0.2, 0.25) is 0 Å². The molecule has 4 aromatic heterocycles. The summed E-state index contributed by atoms with van der Waals surface area (Å²) in [4.78, 5) is 15.1. The predicted octanol–water partition coefficient (Wildman–Crippen LogP) is 6.79. The van der Waals surface area contributed by atoms with E-state index in [1.165, 1.54) is 77.6 Å². The highest BCUT2D eigenvalue weighted by Gasteiger charge is 2.23. The van der Waals surface area contributed by atoms with Gasteiger partial charge in [-0.15, -0.1) is 22.7 Å². The fourth-order valence-electron chi connectivity index (χ4n) is 5.34. The highest BCUT2D eigenvalue weighted by Crippen LogP contribution is 2.41. The number of hydrogen-bond acceptors (Lipinski definition) is 6. The summed E-state index contributed by atoms with van der Waals surface area (Å²) in [5.74, 6) is 0.677. The molecular weight excluding hydrogens is 428 g/mol. The lowest BCUT2D eigenvalue weighted by Crippen LogP contribution is -2.04. The molecule has 0 radical (unpaired) electrons. The van der Waals surface area contributed by atoms with E-state index in [2.05, 4.69) is 4.40 Å². The summed E-state index contributed by atoms with van der Waals surface area (Å²) in [6.45, 7) is 0. The monoisotopic (exact) mass is 454 g/mol. The Morgan fingerprint density at radius 1 is 0.733 bits per heavy atom. The Balaban J connectivity index is 1.71. The van der Waals surface area contributed by atoms with Crippen molar-refractivity contribution in [3.05, 3.63) is 25.7 Å². The molecule has 0 aromatic carbocycles. The van der Waals surface area contributed by atoms with Crippen molar-refractivity contribution in [2.45, 2.75) is 77.0 Å². The number of nitrogens with zero attached hydrogens (tertiary/aromatic N) is 3. The number of anilines is 1.